The monoisotopic (exact) mass is 205 g/mol. The Bertz CT molecular complexity index is 173. The Morgan fingerprint density at radius 1 is 1.69 bits per heavy atom. The van der Waals surface area contributed by atoms with E-state index >= 15 is 0 Å². The number of nitrogens with zero attached hydrogens (tertiary/aromatic N) is 1. The number of carbonyl (C=O) groups excluding carboxylic acids is 1. The Kier molecular flexibility index (Phi) is 4.53. The van der Waals surface area contributed by atoms with Gasteiger partial charge in [0.2, 0.25) is 5.91 Å². The molecule has 3 nitrogen and oxygen atoms in total. The van der Waals surface area contributed by atoms with Crippen LogP contribution in [0.1, 0.15) is 12.8 Å². The second-order valence-corrected chi connectivity index (χ2v) is 3.70. The number of likely N-dealkylation sites (tertiary alicyclic amines) is 1. The van der Waals surface area contributed by atoms with E-state index in [1.807, 2.05) is 4.90 Å². The highest BCUT2D eigenvalue weighted by molar-refractivity contribution is 6.27. The Hall–Kier alpha value is -0.280. The molecule has 0 aromatic carbocycles. The summed E-state index contributed by atoms with van der Waals surface area (Å²) in [6.45, 7) is 2.40. The van der Waals surface area contributed by atoms with Gasteiger partial charge in [-0.1, -0.05) is 0 Å². The highest BCUT2D eigenvalue weighted by Crippen LogP contribution is 2.16. The molecule has 0 spiro atoms. The molecule has 0 N–H and O–H groups in total. The molecule has 1 amide bonds. The predicted octanol–water partition coefficient (Wildman–Crippen LogP) is 1.11. The van der Waals surface area contributed by atoms with Crippen LogP contribution in [0.15, 0.2) is 0 Å². The molecule has 1 heterocycles. The highest BCUT2D eigenvalue weighted by atomic mass is 35.5. The molecule has 1 aliphatic rings. The first-order valence-electron chi connectivity index (χ1n) is 4.60. The number of rotatable bonds is 3. The van der Waals surface area contributed by atoms with Crippen LogP contribution in [0.5, 0.6) is 0 Å². The molecule has 13 heavy (non-hydrogen) atoms. The maximum atomic E-state index is 11.3. The minimum Gasteiger partial charge on any atom is -0.384 e. The second-order valence-electron chi connectivity index (χ2n) is 3.44. The minimum atomic E-state index is 0.0440. The summed E-state index contributed by atoms with van der Waals surface area (Å²) in [7, 11) is 1.70. The number of hydrogen-bond acceptors (Lipinski definition) is 2. The van der Waals surface area contributed by atoms with Gasteiger partial charge in [-0.2, -0.15) is 0 Å². The summed E-state index contributed by atoms with van der Waals surface area (Å²) in [4.78, 5) is 13.1. The van der Waals surface area contributed by atoms with Crippen LogP contribution in [-0.4, -0.2) is 43.5 Å². The summed E-state index contributed by atoms with van der Waals surface area (Å²) in [5.41, 5.74) is 0. The summed E-state index contributed by atoms with van der Waals surface area (Å²) in [5.74, 6) is 0.632. The Labute approximate surface area is 84.0 Å². The van der Waals surface area contributed by atoms with Crippen LogP contribution in [0.4, 0.5) is 0 Å². The van der Waals surface area contributed by atoms with Gasteiger partial charge in [-0.3, -0.25) is 4.79 Å². The van der Waals surface area contributed by atoms with Crippen LogP contribution in [0.2, 0.25) is 0 Å². The molecule has 1 fully saturated rings. The van der Waals surface area contributed by atoms with Crippen molar-refractivity contribution in [2.24, 2.45) is 5.92 Å². The van der Waals surface area contributed by atoms with Crippen LogP contribution in [-0.2, 0) is 9.53 Å². The van der Waals surface area contributed by atoms with Crippen LogP contribution in [0, 0.1) is 5.92 Å². The van der Waals surface area contributed by atoms with Gasteiger partial charge in [-0.05, 0) is 18.8 Å². The molecule has 1 saturated heterocycles. The number of piperidine rings is 1. The highest BCUT2D eigenvalue weighted by Gasteiger charge is 2.22. The number of alkyl halides is 1. The molecule has 76 valence electrons. The van der Waals surface area contributed by atoms with E-state index in [-0.39, 0.29) is 11.8 Å². The first kappa shape index (κ1) is 10.8. The number of methoxy groups -OCH3 is 1. The first-order chi connectivity index (χ1) is 6.27. The van der Waals surface area contributed by atoms with Crippen LogP contribution in [0.3, 0.4) is 0 Å². The molecule has 1 rings (SSSR count). The maximum Gasteiger partial charge on any atom is 0.237 e. The fourth-order valence-electron chi connectivity index (χ4n) is 1.75. The van der Waals surface area contributed by atoms with Gasteiger partial charge in [0.1, 0.15) is 5.88 Å². The van der Waals surface area contributed by atoms with E-state index in [1.165, 1.54) is 0 Å². The molecule has 1 aliphatic heterocycles. The SMILES string of the molecule is COCC1CCCN(C(=O)CCl)C1. The van der Waals surface area contributed by atoms with Gasteiger partial charge in [0.25, 0.3) is 0 Å². The minimum absolute atomic E-state index is 0.0440. The third-order valence-corrected chi connectivity index (χ3v) is 2.62. The second kappa shape index (κ2) is 5.45. The number of amides is 1. The van der Waals surface area contributed by atoms with Crippen molar-refractivity contribution in [1.82, 2.24) is 4.90 Å². The van der Waals surface area contributed by atoms with Crippen molar-refractivity contribution in [3.05, 3.63) is 0 Å². The third-order valence-electron chi connectivity index (χ3n) is 2.39. The van der Waals surface area contributed by atoms with Gasteiger partial charge >= 0.3 is 0 Å². The molecule has 0 radical (unpaired) electrons. The number of halogens is 1. The summed E-state index contributed by atoms with van der Waals surface area (Å²) >= 11 is 5.49. The van der Waals surface area contributed by atoms with E-state index in [1.54, 1.807) is 7.11 Å². The van der Waals surface area contributed by atoms with E-state index in [9.17, 15) is 4.79 Å². The summed E-state index contributed by atoms with van der Waals surface area (Å²) in [6, 6.07) is 0. The van der Waals surface area contributed by atoms with Crippen molar-refractivity contribution < 1.29 is 9.53 Å². The van der Waals surface area contributed by atoms with Crippen molar-refractivity contribution in [1.29, 1.82) is 0 Å². The van der Waals surface area contributed by atoms with E-state index < -0.39 is 0 Å². The molecule has 1 atom stereocenters. The fraction of sp³-hybridized carbons (Fsp3) is 0.889. The molecule has 0 saturated carbocycles. The van der Waals surface area contributed by atoms with Crippen LogP contribution in [0.25, 0.3) is 0 Å². The molecule has 0 aromatic rings. The third kappa shape index (κ3) is 3.16. The predicted molar refractivity (Wildman–Crippen MR) is 51.9 cm³/mol. The molecular weight excluding hydrogens is 190 g/mol. The molecule has 0 bridgehead atoms. The van der Waals surface area contributed by atoms with E-state index in [0.717, 1.165) is 32.5 Å². The van der Waals surface area contributed by atoms with Crippen molar-refractivity contribution in [3.8, 4) is 0 Å². The Balaban J connectivity index is 2.37. The van der Waals surface area contributed by atoms with E-state index in [4.69, 9.17) is 16.3 Å². The largest absolute Gasteiger partial charge is 0.384 e. The van der Waals surface area contributed by atoms with Gasteiger partial charge in [-0.15, -0.1) is 11.6 Å². The van der Waals surface area contributed by atoms with E-state index in [0.29, 0.717) is 5.92 Å². The lowest BCUT2D eigenvalue weighted by atomic mass is 9.99. The average Bonchev–Trinajstić information content (AvgIpc) is 2.18. The van der Waals surface area contributed by atoms with Gasteiger partial charge in [0.15, 0.2) is 0 Å². The average molecular weight is 206 g/mol. The van der Waals surface area contributed by atoms with Crippen molar-refractivity contribution >= 4 is 17.5 Å². The zero-order valence-corrected chi connectivity index (χ0v) is 8.72. The van der Waals surface area contributed by atoms with Gasteiger partial charge in [-0.25, -0.2) is 0 Å². The molecule has 0 aromatic heterocycles. The first-order valence-corrected chi connectivity index (χ1v) is 5.14. The van der Waals surface area contributed by atoms with Gasteiger partial charge in [0.05, 0.1) is 6.61 Å². The van der Waals surface area contributed by atoms with Crippen LogP contribution < -0.4 is 0 Å². The number of hydrogen-bond donors (Lipinski definition) is 0. The standard InChI is InChI=1S/C9H16ClNO2/c1-13-7-8-3-2-4-11(6-8)9(12)5-10/h8H,2-7H2,1H3. The Morgan fingerprint density at radius 2 is 2.46 bits per heavy atom. The quantitative estimate of drug-likeness (QED) is 0.646. The molecule has 1 unspecified atom stereocenters. The zero-order chi connectivity index (χ0) is 9.68. The molecular formula is C9H16ClNO2. The number of ether oxygens (including phenoxy) is 1. The van der Waals surface area contributed by atoms with Crippen molar-refractivity contribution in [2.75, 3.05) is 32.7 Å². The van der Waals surface area contributed by atoms with Crippen molar-refractivity contribution in [3.63, 3.8) is 0 Å². The summed E-state index contributed by atoms with van der Waals surface area (Å²) in [5, 5.41) is 0. The topological polar surface area (TPSA) is 29.5 Å². The summed E-state index contributed by atoms with van der Waals surface area (Å²) in [6.07, 6.45) is 2.22. The van der Waals surface area contributed by atoms with Gasteiger partial charge in [0, 0.05) is 20.2 Å². The lowest BCUT2D eigenvalue weighted by Crippen LogP contribution is -2.41. The maximum absolute atomic E-state index is 11.3. The fourth-order valence-corrected chi connectivity index (χ4v) is 1.92. The van der Waals surface area contributed by atoms with Gasteiger partial charge < -0.3 is 9.64 Å². The molecule has 0 aliphatic carbocycles. The lowest BCUT2D eigenvalue weighted by Gasteiger charge is -2.31. The zero-order valence-electron chi connectivity index (χ0n) is 7.96. The Morgan fingerprint density at radius 3 is 3.08 bits per heavy atom. The summed E-state index contributed by atoms with van der Waals surface area (Å²) < 4.78 is 5.07. The smallest absolute Gasteiger partial charge is 0.237 e. The number of carbonyl (C=O) groups is 1. The lowest BCUT2D eigenvalue weighted by molar-refractivity contribution is -0.130. The van der Waals surface area contributed by atoms with Crippen LogP contribution >= 0.6 is 11.6 Å². The molecule has 4 heteroatoms. The van der Waals surface area contributed by atoms with E-state index in [2.05, 4.69) is 0 Å². The normalized spacial score (nSPS) is 23.2. The van der Waals surface area contributed by atoms with Crippen molar-refractivity contribution in [2.45, 2.75) is 12.8 Å².